The van der Waals surface area contributed by atoms with E-state index in [1.807, 2.05) is 36.6 Å². The summed E-state index contributed by atoms with van der Waals surface area (Å²) < 4.78 is 0. The molecule has 1 rings (SSSR count). The summed E-state index contributed by atoms with van der Waals surface area (Å²) in [5.41, 5.74) is 0.717. The van der Waals surface area contributed by atoms with Gasteiger partial charge in [-0.1, -0.05) is 30.3 Å². The van der Waals surface area contributed by atoms with Gasteiger partial charge in [0.1, 0.15) is 0 Å². The van der Waals surface area contributed by atoms with Gasteiger partial charge in [0, 0.05) is 18.7 Å². The zero-order chi connectivity index (χ0) is 10.4. The molecule has 74 valence electrons. The van der Waals surface area contributed by atoms with Gasteiger partial charge < -0.3 is 5.32 Å². The number of thioether (sulfide) groups is 1. The molecule has 0 saturated heterocycles. The van der Waals surface area contributed by atoms with Crippen LogP contribution in [0.1, 0.15) is 10.4 Å². The van der Waals surface area contributed by atoms with Gasteiger partial charge in [-0.25, -0.2) is 0 Å². The highest BCUT2D eigenvalue weighted by Gasteiger charge is 2.02. The molecular formula is C11H13NOS. The Labute approximate surface area is 88.4 Å². The Bertz CT molecular complexity index is 326. The monoisotopic (exact) mass is 207 g/mol. The summed E-state index contributed by atoms with van der Waals surface area (Å²) >= 11 is 1.52. The van der Waals surface area contributed by atoms with Gasteiger partial charge in [0.2, 0.25) is 0 Å². The molecule has 2 nitrogen and oxygen atoms in total. The number of hydrogen-bond acceptors (Lipinski definition) is 3. The molecule has 0 amide bonds. The van der Waals surface area contributed by atoms with Crippen LogP contribution in [0, 0.1) is 0 Å². The van der Waals surface area contributed by atoms with Gasteiger partial charge in [-0.2, -0.15) is 0 Å². The van der Waals surface area contributed by atoms with E-state index in [4.69, 9.17) is 0 Å². The van der Waals surface area contributed by atoms with Gasteiger partial charge in [-0.05, 0) is 6.26 Å². The largest absolute Gasteiger partial charge is 0.383 e. The molecule has 0 aliphatic rings. The molecule has 0 unspecified atom stereocenters. The smallest absolute Gasteiger partial charge is 0.188 e. The Morgan fingerprint density at radius 1 is 1.36 bits per heavy atom. The summed E-state index contributed by atoms with van der Waals surface area (Å²) in [6, 6.07) is 9.24. The molecule has 0 aromatic heterocycles. The first-order valence-corrected chi connectivity index (χ1v) is 5.53. The lowest BCUT2D eigenvalue weighted by molar-refractivity contribution is 0.104. The second-order valence-electron chi connectivity index (χ2n) is 2.69. The fraction of sp³-hybridized carbons (Fsp3) is 0.182. The summed E-state index contributed by atoms with van der Waals surface area (Å²) in [7, 11) is 1.81. The molecule has 0 radical (unpaired) electrons. The molecule has 0 fully saturated rings. The SMILES string of the molecule is CN/C(=C/C(=O)c1ccccc1)SC. The van der Waals surface area contributed by atoms with E-state index < -0.39 is 0 Å². The van der Waals surface area contributed by atoms with E-state index in [1.54, 1.807) is 13.1 Å². The number of rotatable bonds is 4. The first-order valence-electron chi connectivity index (χ1n) is 4.30. The third-order valence-electron chi connectivity index (χ3n) is 1.79. The number of carbonyl (C=O) groups excluding carboxylic acids is 1. The Balaban J connectivity index is 2.82. The van der Waals surface area contributed by atoms with Crippen molar-refractivity contribution in [1.82, 2.24) is 5.32 Å². The van der Waals surface area contributed by atoms with Gasteiger partial charge in [0.15, 0.2) is 5.78 Å². The van der Waals surface area contributed by atoms with E-state index >= 15 is 0 Å². The molecule has 1 N–H and O–H groups in total. The highest BCUT2D eigenvalue weighted by atomic mass is 32.2. The van der Waals surface area contributed by atoms with Crippen molar-refractivity contribution in [2.24, 2.45) is 0 Å². The van der Waals surface area contributed by atoms with Crippen molar-refractivity contribution < 1.29 is 4.79 Å². The van der Waals surface area contributed by atoms with Gasteiger partial charge in [-0.15, -0.1) is 11.8 Å². The molecule has 0 atom stereocenters. The molecule has 0 saturated carbocycles. The molecule has 0 heterocycles. The first kappa shape index (κ1) is 10.9. The quantitative estimate of drug-likeness (QED) is 0.606. The summed E-state index contributed by atoms with van der Waals surface area (Å²) in [6.45, 7) is 0. The minimum Gasteiger partial charge on any atom is -0.383 e. The molecule has 0 aliphatic heterocycles. The van der Waals surface area contributed by atoms with Crippen LogP contribution >= 0.6 is 11.8 Å². The Kier molecular flexibility index (Phi) is 4.26. The van der Waals surface area contributed by atoms with Crippen molar-refractivity contribution in [3.8, 4) is 0 Å². The normalized spacial score (nSPS) is 11.1. The van der Waals surface area contributed by atoms with Crippen molar-refractivity contribution in [3.05, 3.63) is 47.0 Å². The fourth-order valence-corrected chi connectivity index (χ4v) is 1.47. The van der Waals surface area contributed by atoms with Crippen molar-refractivity contribution in [3.63, 3.8) is 0 Å². The second-order valence-corrected chi connectivity index (χ2v) is 3.54. The molecule has 3 heteroatoms. The van der Waals surface area contributed by atoms with Crippen LogP contribution in [0.15, 0.2) is 41.4 Å². The topological polar surface area (TPSA) is 29.1 Å². The number of benzene rings is 1. The van der Waals surface area contributed by atoms with Gasteiger partial charge in [-0.3, -0.25) is 4.79 Å². The van der Waals surface area contributed by atoms with Crippen molar-refractivity contribution in [2.75, 3.05) is 13.3 Å². The lowest BCUT2D eigenvalue weighted by atomic mass is 10.1. The minimum atomic E-state index is 0.0318. The number of hydrogen-bond donors (Lipinski definition) is 1. The molecular weight excluding hydrogens is 194 g/mol. The number of carbonyl (C=O) groups is 1. The number of allylic oxidation sites excluding steroid dienone is 1. The van der Waals surface area contributed by atoms with E-state index in [2.05, 4.69) is 5.32 Å². The zero-order valence-electron chi connectivity index (χ0n) is 8.28. The van der Waals surface area contributed by atoms with Crippen LogP contribution in [-0.4, -0.2) is 19.1 Å². The molecule has 0 spiro atoms. The third kappa shape index (κ3) is 2.92. The first-order chi connectivity index (χ1) is 6.77. The number of nitrogens with one attached hydrogen (secondary N) is 1. The lowest BCUT2D eigenvalue weighted by Crippen LogP contribution is -2.05. The van der Waals surface area contributed by atoms with Crippen LogP contribution in [0.5, 0.6) is 0 Å². The maximum Gasteiger partial charge on any atom is 0.188 e. The molecule has 0 bridgehead atoms. The van der Waals surface area contributed by atoms with Crippen LogP contribution in [0.3, 0.4) is 0 Å². The fourth-order valence-electron chi connectivity index (χ4n) is 1.04. The highest BCUT2D eigenvalue weighted by molar-refractivity contribution is 8.02. The van der Waals surface area contributed by atoms with Crippen LogP contribution in [0.4, 0.5) is 0 Å². The average molecular weight is 207 g/mol. The maximum atomic E-state index is 11.6. The van der Waals surface area contributed by atoms with E-state index in [9.17, 15) is 4.79 Å². The van der Waals surface area contributed by atoms with E-state index in [-0.39, 0.29) is 5.78 Å². The van der Waals surface area contributed by atoms with Gasteiger partial charge in [0.05, 0.1) is 5.03 Å². The second kappa shape index (κ2) is 5.50. The van der Waals surface area contributed by atoms with E-state index in [0.717, 1.165) is 5.03 Å². The molecule has 14 heavy (non-hydrogen) atoms. The van der Waals surface area contributed by atoms with Crippen LogP contribution in [0.25, 0.3) is 0 Å². The molecule has 0 aliphatic carbocycles. The summed E-state index contributed by atoms with van der Waals surface area (Å²) in [4.78, 5) is 11.6. The lowest BCUT2D eigenvalue weighted by Gasteiger charge is -2.01. The maximum absolute atomic E-state index is 11.6. The van der Waals surface area contributed by atoms with E-state index in [0.29, 0.717) is 5.56 Å². The Hall–Kier alpha value is -1.22. The van der Waals surface area contributed by atoms with Crippen molar-refractivity contribution in [1.29, 1.82) is 0 Å². The summed E-state index contributed by atoms with van der Waals surface area (Å²) in [6.07, 6.45) is 3.54. The standard InChI is InChI=1S/C11H13NOS/c1-12-11(14-2)8-10(13)9-6-4-3-5-7-9/h3-8,12H,1-2H3/b11-8-. The van der Waals surface area contributed by atoms with Crippen molar-refractivity contribution in [2.45, 2.75) is 0 Å². The average Bonchev–Trinajstić information content (AvgIpc) is 2.26. The summed E-state index contributed by atoms with van der Waals surface area (Å²) in [5.74, 6) is 0.0318. The predicted octanol–water partition coefficient (Wildman–Crippen LogP) is 2.29. The minimum absolute atomic E-state index is 0.0318. The predicted molar refractivity (Wildman–Crippen MR) is 61.4 cm³/mol. The molecule has 1 aromatic carbocycles. The third-order valence-corrected chi connectivity index (χ3v) is 2.55. The van der Waals surface area contributed by atoms with Gasteiger partial charge in [0.25, 0.3) is 0 Å². The van der Waals surface area contributed by atoms with Crippen LogP contribution < -0.4 is 5.32 Å². The zero-order valence-corrected chi connectivity index (χ0v) is 9.10. The van der Waals surface area contributed by atoms with E-state index in [1.165, 1.54) is 11.8 Å². The summed E-state index contributed by atoms with van der Waals surface area (Å²) in [5, 5.41) is 3.83. The molecule has 1 aromatic rings. The number of ketones is 1. The van der Waals surface area contributed by atoms with Gasteiger partial charge >= 0.3 is 0 Å². The Morgan fingerprint density at radius 3 is 2.50 bits per heavy atom. The van der Waals surface area contributed by atoms with Crippen LogP contribution in [-0.2, 0) is 0 Å². The Morgan fingerprint density at radius 2 is 2.00 bits per heavy atom. The highest BCUT2D eigenvalue weighted by Crippen LogP contribution is 2.09. The van der Waals surface area contributed by atoms with Crippen LogP contribution in [0.2, 0.25) is 0 Å². The van der Waals surface area contributed by atoms with Crippen molar-refractivity contribution >= 4 is 17.5 Å².